The second-order valence-electron chi connectivity index (χ2n) is 6.80. The van der Waals surface area contributed by atoms with Gasteiger partial charge in [0.1, 0.15) is 11.9 Å². The van der Waals surface area contributed by atoms with E-state index >= 15 is 0 Å². The van der Waals surface area contributed by atoms with Crippen molar-refractivity contribution in [2.75, 3.05) is 0 Å². The van der Waals surface area contributed by atoms with Gasteiger partial charge in [0.2, 0.25) is 0 Å². The lowest BCUT2D eigenvalue weighted by Gasteiger charge is -2.22. The molecule has 1 aromatic carbocycles. The summed E-state index contributed by atoms with van der Waals surface area (Å²) in [5.74, 6) is 0.394. The Balaban J connectivity index is 0.00000176. The minimum atomic E-state index is -1.16. The predicted octanol–water partition coefficient (Wildman–Crippen LogP) is 5.46. The van der Waals surface area contributed by atoms with Gasteiger partial charge in [-0.2, -0.15) is 0 Å². The summed E-state index contributed by atoms with van der Waals surface area (Å²) in [6.45, 7) is 7.98. The van der Waals surface area contributed by atoms with Crippen molar-refractivity contribution >= 4 is 11.3 Å². The highest BCUT2D eigenvalue weighted by Crippen LogP contribution is 2.21. The molecule has 32 heavy (non-hydrogen) atoms. The van der Waals surface area contributed by atoms with Gasteiger partial charge in [-0.25, -0.2) is 9.97 Å². The highest BCUT2D eigenvalue weighted by atomic mass is 32.1. The number of hydrogen-bond donors (Lipinski definition) is 3. The van der Waals surface area contributed by atoms with Gasteiger partial charge in [0.15, 0.2) is 5.82 Å². The first-order chi connectivity index (χ1) is 15.6. The van der Waals surface area contributed by atoms with Gasteiger partial charge in [-0.05, 0) is 25.3 Å². The van der Waals surface area contributed by atoms with Crippen LogP contribution in [0.25, 0.3) is 11.5 Å². The van der Waals surface area contributed by atoms with E-state index < -0.39 is 6.23 Å². The van der Waals surface area contributed by atoms with Crippen LogP contribution in [0.4, 0.5) is 0 Å². The van der Waals surface area contributed by atoms with E-state index in [1.54, 1.807) is 0 Å². The number of thiazole rings is 1. The zero-order chi connectivity index (χ0) is 23.3. The Labute approximate surface area is 193 Å². The molecule has 0 amide bonds. The van der Waals surface area contributed by atoms with Crippen LogP contribution in [-0.4, -0.2) is 20.1 Å². The van der Waals surface area contributed by atoms with Crippen LogP contribution in [0.3, 0.4) is 0 Å². The van der Waals surface area contributed by atoms with Crippen molar-refractivity contribution in [2.45, 2.75) is 52.8 Å². The summed E-state index contributed by atoms with van der Waals surface area (Å²) >= 11 is 1.49. The molecule has 7 heteroatoms. The van der Waals surface area contributed by atoms with Gasteiger partial charge >= 0.3 is 0 Å². The second-order valence-corrected chi connectivity index (χ2v) is 7.86. The minimum Gasteiger partial charge on any atom is -0.374 e. The van der Waals surface area contributed by atoms with Gasteiger partial charge < -0.3 is 10.1 Å². The third-order valence-electron chi connectivity index (χ3n) is 4.53. The second kappa shape index (κ2) is 13.5. The SMILES string of the molecule is CC.CC/C=C\C=C/CC(NC(O)c1cnc(-c2csc(C)n2)[nH]c1=O)c1ccccc1. The number of nitrogens with one attached hydrogen (secondary N) is 2. The molecule has 0 saturated carbocycles. The number of rotatable bonds is 9. The van der Waals surface area contributed by atoms with E-state index in [-0.39, 0.29) is 17.2 Å². The summed E-state index contributed by atoms with van der Waals surface area (Å²) in [5.41, 5.74) is 1.43. The zero-order valence-electron chi connectivity index (χ0n) is 19.1. The Morgan fingerprint density at radius 1 is 1.19 bits per heavy atom. The summed E-state index contributed by atoms with van der Waals surface area (Å²) in [6.07, 6.45) is 10.0. The average Bonchev–Trinajstić information content (AvgIpc) is 3.26. The van der Waals surface area contributed by atoms with Gasteiger partial charge in [0, 0.05) is 17.6 Å². The van der Waals surface area contributed by atoms with E-state index in [4.69, 9.17) is 0 Å². The van der Waals surface area contributed by atoms with Gasteiger partial charge in [-0.3, -0.25) is 10.1 Å². The van der Waals surface area contributed by atoms with E-state index in [2.05, 4.69) is 33.3 Å². The number of H-pyrrole nitrogens is 1. The molecule has 2 atom stereocenters. The lowest BCUT2D eigenvalue weighted by atomic mass is 10.0. The van der Waals surface area contributed by atoms with Crippen LogP contribution in [0.1, 0.15) is 62.0 Å². The molecule has 2 aromatic heterocycles. The van der Waals surface area contributed by atoms with Gasteiger partial charge in [0.25, 0.3) is 5.56 Å². The number of aliphatic hydroxyl groups is 1. The third kappa shape index (κ3) is 7.37. The Kier molecular flexibility index (Phi) is 10.7. The number of aryl methyl sites for hydroxylation is 1. The molecule has 0 bridgehead atoms. The molecule has 2 heterocycles. The number of benzene rings is 1. The lowest BCUT2D eigenvalue weighted by molar-refractivity contribution is 0.121. The van der Waals surface area contributed by atoms with Crippen LogP contribution in [0.5, 0.6) is 0 Å². The first-order valence-corrected chi connectivity index (χ1v) is 11.8. The maximum Gasteiger partial charge on any atom is 0.258 e. The molecule has 170 valence electrons. The summed E-state index contributed by atoms with van der Waals surface area (Å²) < 4.78 is 0. The van der Waals surface area contributed by atoms with Crippen molar-refractivity contribution in [3.8, 4) is 11.5 Å². The van der Waals surface area contributed by atoms with Crippen LogP contribution in [0, 0.1) is 6.92 Å². The Morgan fingerprint density at radius 2 is 1.91 bits per heavy atom. The molecule has 0 aliphatic rings. The first kappa shape index (κ1) is 25.4. The predicted molar refractivity (Wildman–Crippen MR) is 133 cm³/mol. The molecule has 0 radical (unpaired) electrons. The molecule has 3 rings (SSSR count). The van der Waals surface area contributed by atoms with Gasteiger partial charge in [0.05, 0.1) is 10.6 Å². The average molecular weight is 453 g/mol. The van der Waals surface area contributed by atoms with Crippen molar-refractivity contribution in [2.24, 2.45) is 0 Å². The van der Waals surface area contributed by atoms with Crippen molar-refractivity contribution in [1.29, 1.82) is 0 Å². The molecular formula is C25H32N4O2S. The Hall–Kier alpha value is -2.87. The normalized spacial score (nSPS) is 13.2. The molecule has 6 nitrogen and oxygen atoms in total. The smallest absolute Gasteiger partial charge is 0.258 e. The van der Waals surface area contributed by atoms with E-state index in [1.165, 1.54) is 17.5 Å². The third-order valence-corrected chi connectivity index (χ3v) is 5.31. The fourth-order valence-electron chi connectivity index (χ4n) is 2.98. The van der Waals surface area contributed by atoms with E-state index in [0.29, 0.717) is 17.9 Å². The first-order valence-electron chi connectivity index (χ1n) is 10.9. The van der Waals surface area contributed by atoms with Crippen molar-refractivity contribution in [3.63, 3.8) is 0 Å². The number of aliphatic hydroxyl groups excluding tert-OH is 1. The van der Waals surface area contributed by atoms with Gasteiger partial charge in [-0.1, -0.05) is 75.4 Å². The topological polar surface area (TPSA) is 90.9 Å². The highest BCUT2D eigenvalue weighted by molar-refractivity contribution is 7.09. The quantitative estimate of drug-likeness (QED) is 0.296. The number of allylic oxidation sites excluding steroid dienone is 3. The van der Waals surface area contributed by atoms with E-state index in [0.717, 1.165) is 17.0 Å². The fourth-order valence-corrected chi connectivity index (χ4v) is 3.57. The molecule has 0 spiro atoms. The molecule has 0 aliphatic carbocycles. The maximum atomic E-state index is 12.6. The lowest BCUT2D eigenvalue weighted by Crippen LogP contribution is -2.31. The summed E-state index contributed by atoms with van der Waals surface area (Å²) in [6, 6.07) is 9.69. The van der Waals surface area contributed by atoms with E-state index in [9.17, 15) is 9.90 Å². The molecule has 3 N–H and O–H groups in total. The monoisotopic (exact) mass is 452 g/mol. The zero-order valence-corrected chi connectivity index (χ0v) is 19.9. The molecule has 0 saturated heterocycles. The van der Waals surface area contributed by atoms with E-state index in [1.807, 2.05) is 74.7 Å². The summed E-state index contributed by atoms with van der Waals surface area (Å²) in [4.78, 5) is 23.9. The van der Waals surface area contributed by atoms with Crippen molar-refractivity contribution in [1.82, 2.24) is 20.3 Å². The number of aromatic amines is 1. The number of hydrogen-bond acceptors (Lipinski definition) is 6. The minimum absolute atomic E-state index is 0.159. The molecular weight excluding hydrogens is 420 g/mol. The Morgan fingerprint density at radius 3 is 2.53 bits per heavy atom. The van der Waals surface area contributed by atoms with Crippen molar-refractivity contribution < 1.29 is 5.11 Å². The van der Waals surface area contributed by atoms with Crippen LogP contribution in [0.15, 0.2) is 71.0 Å². The summed E-state index contributed by atoms with van der Waals surface area (Å²) in [5, 5.41) is 16.6. The molecule has 0 aliphatic heterocycles. The van der Waals surface area contributed by atoms with Crippen molar-refractivity contribution in [3.05, 3.63) is 92.7 Å². The number of aromatic nitrogens is 3. The van der Waals surface area contributed by atoms with Crippen LogP contribution >= 0.6 is 11.3 Å². The Bertz CT molecular complexity index is 1060. The fraction of sp³-hybridized carbons (Fsp3) is 0.320. The maximum absolute atomic E-state index is 12.6. The number of nitrogens with zero attached hydrogens (tertiary/aromatic N) is 2. The van der Waals surface area contributed by atoms with Crippen LogP contribution in [-0.2, 0) is 0 Å². The van der Waals surface area contributed by atoms with Crippen LogP contribution in [0.2, 0.25) is 0 Å². The summed E-state index contributed by atoms with van der Waals surface area (Å²) in [7, 11) is 0. The standard InChI is InChI=1S/C23H26N4O2S.C2H6/c1-3-4-5-6-10-13-19(17-11-8-7-9-12-17)26-22(28)18-14-24-21(27-23(18)29)20-15-30-16(2)25-20;1-2/h4-12,14-15,19,22,26,28H,3,13H2,1-2H3,(H,24,27,29);1-2H3/b5-4-,10-6-;. The molecule has 0 fully saturated rings. The molecule has 2 unspecified atom stereocenters. The highest BCUT2D eigenvalue weighted by Gasteiger charge is 2.19. The van der Waals surface area contributed by atoms with Crippen LogP contribution < -0.4 is 10.9 Å². The van der Waals surface area contributed by atoms with Gasteiger partial charge in [-0.15, -0.1) is 11.3 Å². The largest absolute Gasteiger partial charge is 0.374 e. The molecule has 3 aromatic rings.